The van der Waals surface area contributed by atoms with Crippen LogP contribution in [-0.4, -0.2) is 29.2 Å². The van der Waals surface area contributed by atoms with E-state index in [1.54, 1.807) is 30.3 Å². The normalized spacial score (nSPS) is 10.1. The molecule has 0 atom stereocenters. The van der Waals surface area contributed by atoms with E-state index in [4.69, 9.17) is 4.74 Å². The average molecular weight is 404 g/mol. The molecule has 0 fully saturated rings. The van der Waals surface area contributed by atoms with Gasteiger partial charge in [0.2, 0.25) is 0 Å². The van der Waals surface area contributed by atoms with Crippen LogP contribution in [0.3, 0.4) is 0 Å². The van der Waals surface area contributed by atoms with Crippen LogP contribution >= 0.6 is 0 Å². The Bertz CT molecular complexity index is 1090. The number of carbonyl (C=O) groups is 3. The second kappa shape index (κ2) is 9.24. The number of ketones is 1. The number of nitro groups is 1. The van der Waals surface area contributed by atoms with Crippen LogP contribution in [0.15, 0.2) is 78.9 Å². The average Bonchev–Trinajstić information content (AvgIpc) is 2.78. The molecule has 3 aromatic carbocycles. The lowest BCUT2D eigenvalue weighted by molar-refractivity contribution is -0.385. The maximum atomic E-state index is 12.3. The number of nitrogens with zero attached hydrogens (tertiary/aromatic N) is 1. The first-order valence-electron chi connectivity index (χ1n) is 8.86. The number of amides is 1. The van der Waals surface area contributed by atoms with Crippen molar-refractivity contribution >= 4 is 29.0 Å². The number of ether oxygens (including phenoxy) is 1. The van der Waals surface area contributed by atoms with Gasteiger partial charge in [0.25, 0.3) is 11.6 Å². The second-order valence-electron chi connectivity index (χ2n) is 6.17. The highest BCUT2D eigenvalue weighted by atomic mass is 16.6. The molecule has 0 radical (unpaired) electrons. The Morgan fingerprint density at radius 3 is 2.13 bits per heavy atom. The van der Waals surface area contributed by atoms with Gasteiger partial charge in [-0.2, -0.15) is 0 Å². The minimum absolute atomic E-state index is 0.0783. The van der Waals surface area contributed by atoms with E-state index in [-0.39, 0.29) is 29.2 Å². The fourth-order valence-corrected chi connectivity index (χ4v) is 2.63. The van der Waals surface area contributed by atoms with Crippen LogP contribution in [0.2, 0.25) is 0 Å². The largest absolute Gasteiger partial charge is 0.454 e. The number of benzene rings is 3. The summed E-state index contributed by atoms with van der Waals surface area (Å²) in [5, 5.41) is 13.6. The van der Waals surface area contributed by atoms with Crippen molar-refractivity contribution in [3.63, 3.8) is 0 Å². The van der Waals surface area contributed by atoms with Gasteiger partial charge >= 0.3 is 5.97 Å². The zero-order valence-corrected chi connectivity index (χ0v) is 15.6. The predicted molar refractivity (Wildman–Crippen MR) is 109 cm³/mol. The number of anilines is 1. The van der Waals surface area contributed by atoms with Crippen LogP contribution < -0.4 is 5.32 Å². The van der Waals surface area contributed by atoms with Gasteiger partial charge in [-0.25, -0.2) is 4.79 Å². The summed E-state index contributed by atoms with van der Waals surface area (Å²) in [6.45, 7) is -0.390. The molecular formula is C22H16N2O6. The van der Waals surface area contributed by atoms with Crippen LogP contribution in [0.4, 0.5) is 11.4 Å². The molecule has 8 heteroatoms. The first-order valence-corrected chi connectivity index (χ1v) is 8.86. The lowest BCUT2D eigenvalue weighted by atomic mass is 10.1. The minimum atomic E-state index is -0.684. The molecule has 0 aliphatic heterocycles. The van der Waals surface area contributed by atoms with Crippen molar-refractivity contribution < 1.29 is 24.0 Å². The molecule has 0 spiro atoms. The Hall–Kier alpha value is -4.33. The van der Waals surface area contributed by atoms with Gasteiger partial charge in [0.05, 0.1) is 10.5 Å². The molecule has 0 aliphatic rings. The predicted octanol–water partition coefficient (Wildman–Crippen LogP) is 3.89. The summed E-state index contributed by atoms with van der Waals surface area (Å²) in [7, 11) is 0. The zero-order valence-electron chi connectivity index (χ0n) is 15.6. The number of para-hydroxylation sites is 1. The molecule has 0 aromatic heterocycles. The van der Waals surface area contributed by atoms with Gasteiger partial charge in [-0.1, -0.05) is 42.5 Å². The topological polar surface area (TPSA) is 116 Å². The fraction of sp³-hybridized carbons (Fsp3) is 0.0455. The summed E-state index contributed by atoms with van der Waals surface area (Å²) in [4.78, 5) is 46.9. The summed E-state index contributed by atoms with van der Waals surface area (Å²) in [5.41, 5.74) is 0.594. The first kappa shape index (κ1) is 20.4. The van der Waals surface area contributed by atoms with Crippen molar-refractivity contribution in [2.45, 2.75) is 0 Å². The smallest absolute Gasteiger partial charge is 0.338 e. The summed E-state index contributed by atoms with van der Waals surface area (Å²) >= 11 is 0. The molecule has 0 saturated carbocycles. The molecule has 0 saturated heterocycles. The molecule has 0 aliphatic carbocycles. The maximum Gasteiger partial charge on any atom is 0.338 e. The van der Waals surface area contributed by atoms with Crippen molar-refractivity contribution in [2.24, 2.45) is 0 Å². The number of nitro benzene ring substituents is 1. The third kappa shape index (κ3) is 4.93. The third-order valence-electron chi connectivity index (χ3n) is 4.15. The van der Waals surface area contributed by atoms with Crippen molar-refractivity contribution in [1.82, 2.24) is 0 Å². The number of carbonyl (C=O) groups excluding carboxylic acids is 3. The third-order valence-corrected chi connectivity index (χ3v) is 4.15. The summed E-state index contributed by atoms with van der Waals surface area (Å²) in [6.07, 6.45) is 0. The second-order valence-corrected chi connectivity index (χ2v) is 6.17. The van der Waals surface area contributed by atoms with Gasteiger partial charge in [-0.05, 0) is 30.3 Å². The van der Waals surface area contributed by atoms with Crippen LogP contribution in [0, 0.1) is 10.1 Å². The Morgan fingerprint density at radius 1 is 0.833 bits per heavy atom. The van der Waals surface area contributed by atoms with Crippen molar-refractivity contribution in [3.05, 3.63) is 106 Å². The highest BCUT2D eigenvalue weighted by Crippen LogP contribution is 2.20. The van der Waals surface area contributed by atoms with E-state index in [1.165, 1.54) is 48.5 Å². The minimum Gasteiger partial charge on any atom is -0.454 e. The first-order chi connectivity index (χ1) is 14.5. The summed E-state index contributed by atoms with van der Waals surface area (Å²) < 4.78 is 5.03. The lowest BCUT2D eigenvalue weighted by Gasteiger charge is -2.07. The number of rotatable bonds is 7. The van der Waals surface area contributed by atoms with E-state index in [9.17, 15) is 24.5 Å². The highest BCUT2D eigenvalue weighted by Gasteiger charge is 2.19. The number of hydrogen-bond donors (Lipinski definition) is 1. The van der Waals surface area contributed by atoms with Crippen LogP contribution in [0.5, 0.6) is 0 Å². The number of esters is 1. The Morgan fingerprint density at radius 2 is 1.47 bits per heavy atom. The molecule has 3 rings (SSSR count). The highest BCUT2D eigenvalue weighted by molar-refractivity contribution is 6.07. The molecule has 3 aromatic rings. The van der Waals surface area contributed by atoms with Gasteiger partial charge in [0, 0.05) is 17.3 Å². The van der Waals surface area contributed by atoms with Crippen molar-refractivity contribution in [2.75, 3.05) is 11.9 Å². The molecular weight excluding hydrogens is 388 g/mol. The molecule has 150 valence electrons. The SMILES string of the molecule is O=C(COC(=O)c1ccc(NC(=O)c2ccccc2[N+](=O)[O-])cc1)c1ccccc1. The fourth-order valence-electron chi connectivity index (χ4n) is 2.63. The van der Waals surface area contributed by atoms with Gasteiger partial charge < -0.3 is 10.1 Å². The number of nitrogens with one attached hydrogen (secondary N) is 1. The van der Waals surface area contributed by atoms with E-state index < -0.39 is 16.8 Å². The Balaban J connectivity index is 1.61. The number of Topliss-reactive ketones (excluding diaryl/α,β-unsaturated/α-hetero) is 1. The molecule has 30 heavy (non-hydrogen) atoms. The van der Waals surface area contributed by atoms with E-state index >= 15 is 0 Å². The molecule has 1 amide bonds. The number of hydrogen-bond acceptors (Lipinski definition) is 6. The van der Waals surface area contributed by atoms with Gasteiger partial charge in [0.1, 0.15) is 5.56 Å². The monoisotopic (exact) mass is 404 g/mol. The zero-order chi connectivity index (χ0) is 21.5. The molecule has 0 heterocycles. The maximum absolute atomic E-state index is 12.3. The molecule has 0 bridgehead atoms. The standard InChI is InChI=1S/C22H16N2O6/c25-20(15-6-2-1-3-7-15)14-30-22(27)16-10-12-17(13-11-16)23-21(26)18-8-4-5-9-19(18)24(28)29/h1-13H,14H2,(H,23,26). The Labute approximate surface area is 171 Å². The van der Waals surface area contributed by atoms with Gasteiger partial charge in [-0.15, -0.1) is 0 Å². The van der Waals surface area contributed by atoms with E-state index in [1.807, 2.05) is 0 Å². The van der Waals surface area contributed by atoms with Crippen LogP contribution in [-0.2, 0) is 4.74 Å². The van der Waals surface area contributed by atoms with Crippen LogP contribution in [0.25, 0.3) is 0 Å². The van der Waals surface area contributed by atoms with E-state index in [0.29, 0.717) is 11.3 Å². The summed E-state index contributed by atoms with van der Waals surface area (Å²) in [6, 6.07) is 19.8. The molecule has 8 nitrogen and oxygen atoms in total. The Kier molecular flexibility index (Phi) is 6.29. The molecule has 1 N–H and O–H groups in total. The van der Waals surface area contributed by atoms with Gasteiger partial charge in [0.15, 0.2) is 12.4 Å². The van der Waals surface area contributed by atoms with Crippen molar-refractivity contribution in [1.29, 1.82) is 0 Å². The quantitative estimate of drug-likeness (QED) is 0.276. The summed E-state index contributed by atoms with van der Waals surface area (Å²) in [5.74, 6) is -1.65. The van der Waals surface area contributed by atoms with Crippen LogP contribution in [0.1, 0.15) is 31.1 Å². The van der Waals surface area contributed by atoms with Gasteiger partial charge in [-0.3, -0.25) is 19.7 Å². The van der Waals surface area contributed by atoms with Crippen molar-refractivity contribution in [3.8, 4) is 0 Å². The molecule has 0 unspecified atom stereocenters. The van der Waals surface area contributed by atoms with E-state index in [0.717, 1.165) is 0 Å². The lowest BCUT2D eigenvalue weighted by Crippen LogP contribution is -2.15. The van der Waals surface area contributed by atoms with E-state index in [2.05, 4.69) is 5.32 Å².